The van der Waals surface area contributed by atoms with Gasteiger partial charge in [-0.2, -0.15) is 15.0 Å². The lowest BCUT2D eigenvalue weighted by molar-refractivity contribution is 0.271. The molecular weight excluding hydrogens is 538 g/mol. The summed E-state index contributed by atoms with van der Waals surface area (Å²) in [5.41, 5.74) is 6.25. The first kappa shape index (κ1) is 28.2. The van der Waals surface area contributed by atoms with Gasteiger partial charge in [0.25, 0.3) is 0 Å². The zero-order chi connectivity index (χ0) is 26.9. The van der Waals surface area contributed by atoms with Gasteiger partial charge in [0.05, 0.1) is 19.8 Å². The van der Waals surface area contributed by atoms with Gasteiger partial charge in [-0.25, -0.2) is 0 Å². The summed E-state index contributed by atoms with van der Waals surface area (Å²) in [4.78, 5) is 1.88. The van der Waals surface area contributed by atoms with E-state index in [2.05, 4.69) is 80.0 Å². The van der Waals surface area contributed by atoms with E-state index < -0.39 is 0 Å². The standard InChI is InChI=1S/C32H40BrN3O2/c1-23(2)21-37-27-13-9-25(10-14-27)29-17-18-30(26-11-15-28(16-12-26)38-22-24(3)4)32-31(29)34-36(35-32)20-8-6-5-7-19-33/h9-18,23-24H,5-8,19-22H2,1-4H3. The molecule has 0 saturated heterocycles. The van der Waals surface area contributed by atoms with Crippen molar-refractivity contribution in [1.82, 2.24) is 15.0 Å². The summed E-state index contributed by atoms with van der Waals surface area (Å²) in [5, 5.41) is 11.0. The fraction of sp³-hybridized carbons (Fsp3) is 0.438. The Hall–Kier alpha value is -2.86. The monoisotopic (exact) mass is 577 g/mol. The van der Waals surface area contributed by atoms with Crippen molar-refractivity contribution in [2.24, 2.45) is 11.8 Å². The number of hydrogen-bond donors (Lipinski definition) is 0. The molecule has 4 rings (SSSR count). The van der Waals surface area contributed by atoms with Crippen LogP contribution in [0.25, 0.3) is 33.3 Å². The number of unbranched alkanes of at least 4 members (excludes halogenated alkanes) is 3. The van der Waals surface area contributed by atoms with E-state index in [1.807, 2.05) is 29.1 Å². The quantitative estimate of drug-likeness (QED) is 0.111. The Bertz CT molecular complexity index is 1190. The minimum atomic E-state index is 0.493. The van der Waals surface area contributed by atoms with Gasteiger partial charge in [0.15, 0.2) is 0 Å². The van der Waals surface area contributed by atoms with Crippen molar-refractivity contribution in [3.8, 4) is 33.8 Å². The normalized spacial score (nSPS) is 11.6. The molecule has 0 unspecified atom stereocenters. The van der Waals surface area contributed by atoms with Gasteiger partial charge in [-0.15, -0.1) is 0 Å². The van der Waals surface area contributed by atoms with Crippen molar-refractivity contribution in [1.29, 1.82) is 0 Å². The summed E-state index contributed by atoms with van der Waals surface area (Å²) in [7, 11) is 0. The molecule has 4 aromatic rings. The van der Waals surface area contributed by atoms with E-state index in [9.17, 15) is 0 Å². The summed E-state index contributed by atoms with van der Waals surface area (Å²) >= 11 is 3.52. The van der Waals surface area contributed by atoms with Crippen LogP contribution in [-0.2, 0) is 6.54 Å². The number of hydrogen-bond acceptors (Lipinski definition) is 4. The van der Waals surface area contributed by atoms with E-state index in [1.54, 1.807) is 0 Å². The molecule has 1 heterocycles. The predicted molar refractivity (Wildman–Crippen MR) is 161 cm³/mol. The lowest BCUT2D eigenvalue weighted by Crippen LogP contribution is -2.04. The summed E-state index contributed by atoms with van der Waals surface area (Å²) < 4.78 is 11.8. The first-order valence-electron chi connectivity index (χ1n) is 13.8. The topological polar surface area (TPSA) is 49.2 Å². The van der Waals surface area contributed by atoms with E-state index in [-0.39, 0.29) is 0 Å². The first-order valence-corrected chi connectivity index (χ1v) is 15.0. The molecule has 0 aliphatic heterocycles. The Balaban J connectivity index is 1.64. The molecule has 202 valence electrons. The Morgan fingerprint density at radius 3 is 1.50 bits per heavy atom. The number of ether oxygens (including phenoxy) is 2. The van der Waals surface area contributed by atoms with Crippen molar-refractivity contribution in [2.75, 3.05) is 18.5 Å². The number of halogens is 1. The van der Waals surface area contributed by atoms with Crippen LogP contribution >= 0.6 is 15.9 Å². The number of aromatic nitrogens is 3. The van der Waals surface area contributed by atoms with Crippen LogP contribution in [0, 0.1) is 11.8 Å². The molecule has 0 aliphatic carbocycles. The Kier molecular flexibility index (Phi) is 10.2. The van der Waals surface area contributed by atoms with Crippen molar-refractivity contribution in [3.63, 3.8) is 0 Å². The lowest BCUT2D eigenvalue weighted by atomic mass is 9.98. The maximum atomic E-state index is 5.89. The molecule has 3 aromatic carbocycles. The second-order valence-electron chi connectivity index (χ2n) is 10.7. The molecule has 0 atom stereocenters. The van der Waals surface area contributed by atoms with Gasteiger partial charge in [-0.05, 0) is 60.1 Å². The van der Waals surface area contributed by atoms with Gasteiger partial charge in [0, 0.05) is 16.5 Å². The molecule has 6 heteroatoms. The molecule has 38 heavy (non-hydrogen) atoms. The lowest BCUT2D eigenvalue weighted by Gasteiger charge is -2.11. The van der Waals surface area contributed by atoms with Crippen LogP contribution in [0.4, 0.5) is 0 Å². The summed E-state index contributed by atoms with van der Waals surface area (Å²) in [5.74, 6) is 2.77. The molecule has 0 aliphatic rings. The minimum Gasteiger partial charge on any atom is -0.493 e. The van der Waals surface area contributed by atoms with Gasteiger partial charge >= 0.3 is 0 Å². The highest BCUT2D eigenvalue weighted by Gasteiger charge is 2.16. The largest absolute Gasteiger partial charge is 0.493 e. The molecular formula is C32H40BrN3O2. The average molecular weight is 579 g/mol. The third-order valence-corrected chi connectivity index (χ3v) is 6.88. The van der Waals surface area contributed by atoms with Crippen LogP contribution in [0.2, 0.25) is 0 Å². The molecule has 0 saturated carbocycles. The van der Waals surface area contributed by atoms with Gasteiger partial charge < -0.3 is 9.47 Å². The molecule has 0 radical (unpaired) electrons. The maximum absolute atomic E-state index is 5.89. The highest BCUT2D eigenvalue weighted by Crippen LogP contribution is 2.35. The predicted octanol–water partition coefficient (Wildman–Crippen LogP) is 8.79. The van der Waals surface area contributed by atoms with Gasteiger partial charge in [-0.1, -0.05) is 92.9 Å². The van der Waals surface area contributed by atoms with Crippen LogP contribution in [0.5, 0.6) is 11.5 Å². The molecule has 5 nitrogen and oxygen atoms in total. The highest BCUT2D eigenvalue weighted by atomic mass is 79.9. The number of fused-ring (bicyclic) bond motifs is 1. The fourth-order valence-electron chi connectivity index (χ4n) is 4.29. The number of alkyl halides is 1. The highest BCUT2D eigenvalue weighted by molar-refractivity contribution is 9.09. The SMILES string of the molecule is CC(C)COc1ccc(-c2ccc(-c3ccc(OCC(C)C)cc3)c3nn(CCCCCCBr)nc23)cc1. The smallest absolute Gasteiger partial charge is 0.121 e. The Morgan fingerprint density at radius 1 is 0.632 bits per heavy atom. The van der Waals surface area contributed by atoms with E-state index in [4.69, 9.17) is 19.7 Å². The van der Waals surface area contributed by atoms with E-state index >= 15 is 0 Å². The van der Waals surface area contributed by atoms with Gasteiger partial charge in [-0.3, -0.25) is 0 Å². The third-order valence-electron chi connectivity index (χ3n) is 6.32. The zero-order valence-corrected chi connectivity index (χ0v) is 24.7. The Labute approximate surface area is 235 Å². The molecule has 0 fully saturated rings. The molecule has 0 N–H and O–H groups in total. The van der Waals surface area contributed by atoms with Crippen molar-refractivity contribution in [2.45, 2.75) is 59.9 Å². The number of rotatable bonds is 14. The van der Waals surface area contributed by atoms with E-state index in [1.165, 1.54) is 19.3 Å². The zero-order valence-electron chi connectivity index (χ0n) is 23.1. The summed E-state index contributed by atoms with van der Waals surface area (Å²) in [6, 6.07) is 21.0. The second-order valence-corrected chi connectivity index (χ2v) is 11.5. The third kappa shape index (κ3) is 7.59. The van der Waals surface area contributed by atoms with Crippen LogP contribution in [0.3, 0.4) is 0 Å². The van der Waals surface area contributed by atoms with Crippen LogP contribution in [0.1, 0.15) is 53.4 Å². The minimum absolute atomic E-state index is 0.493. The number of aryl methyl sites for hydroxylation is 1. The second kappa shape index (κ2) is 13.8. The molecule has 0 bridgehead atoms. The summed E-state index contributed by atoms with van der Waals surface area (Å²) in [6.07, 6.45) is 4.68. The fourth-order valence-corrected chi connectivity index (χ4v) is 4.69. The van der Waals surface area contributed by atoms with Gasteiger partial charge in [0.1, 0.15) is 22.5 Å². The van der Waals surface area contributed by atoms with Crippen molar-refractivity contribution < 1.29 is 9.47 Å². The van der Waals surface area contributed by atoms with Crippen LogP contribution in [-0.4, -0.2) is 33.5 Å². The van der Waals surface area contributed by atoms with E-state index in [0.717, 1.165) is 63.1 Å². The van der Waals surface area contributed by atoms with Gasteiger partial charge in [0.2, 0.25) is 0 Å². The average Bonchev–Trinajstić information content (AvgIpc) is 3.35. The van der Waals surface area contributed by atoms with E-state index in [0.29, 0.717) is 25.0 Å². The molecule has 1 aromatic heterocycles. The Morgan fingerprint density at radius 2 is 1.08 bits per heavy atom. The molecule has 0 spiro atoms. The van der Waals surface area contributed by atoms with Crippen LogP contribution in [0.15, 0.2) is 60.7 Å². The molecule has 0 amide bonds. The number of benzene rings is 3. The van der Waals surface area contributed by atoms with Crippen LogP contribution < -0.4 is 9.47 Å². The van der Waals surface area contributed by atoms with Crippen molar-refractivity contribution >= 4 is 27.0 Å². The first-order chi connectivity index (χ1) is 18.4. The maximum Gasteiger partial charge on any atom is 0.121 e. The number of nitrogens with zero attached hydrogens (tertiary/aromatic N) is 3. The van der Waals surface area contributed by atoms with Crippen molar-refractivity contribution in [3.05, 3.63) is 60.7 Å². The summed E-state index contributed by atoms with van der Waals surface area (Å²) in [6.45, 7) is 10.9.